The second-order valence-electron chi connectivity index (χ2n) is 5.35. The maximum absolute atomic E-state index is 11.3. The van der Waals surface area contributed by atoms with Crippen LogP contribution in [0.25, 0.3) is 0 Å². The first-order valence-electron chi connectivity index (χ1n) is 7.18. The molecule has 0 amide bonds. The van der Waals surface area contributed by atoms with Crippen molar-refractivity contribution >= 4 is 5.97 Å². The molecule has 21 heavy (non-hydrogen) atoms. The van der Waals surface area contributed by atoms with Gasteiger partial charge in [0.2, 0.25) is 0 Å². The Balaban J connectivity index is 1.78. The molecule has 2 heterocycles. The topological polar surface area (TPSA) is 66.6 Å². The first kappa shape index (κ1) is 13.8. The van der Waals surface area contributed by atoms with E-state index in [1.165, 1.54) is 0 Å². The summed E-state index contributed by atoms with van der Waals surface area (Å²) in [6.45, 7) is 4.25. The molecular formula is C16H18N2O3. The maximum atomic E-state index is 11.3. The third kappa shape index (κ3) is 2.83. The molecule has 5 heteroatoms. The van der Waals surface area contributed by atoms with Crippen LogP contribution in [-0.2, 0) is 25.9 Å². The summed E-state index contributed by atoms with van der Waals surface area (Å²) < 4.78 is 5.32. The molecule has 0 saturated heterocycles. The smallest absolute Gasteiger partial charge is 0.336 e. The molecule has 1 aliphatic rings. The Morgan fingerprint density at radius 1 is 1.48 bits per heavy atom. The Morgan fingerprint density at radius 3 is 3.05 bits per heavy atom. The Bertz CT molecular complexity index is 663. The molecule has 0 bridgehead atoms. The number of rotatable bonds is 4. The lowest BCUT2D eigenvalue weighted by molar-refractivity contribution is 0.0693. The zero-order chi connectivity index (χ0) is 14.8. The number of carboxylic acids is 1. The molecule has 3 rings (SSSR count). The third-order valence-electron chi connectivity index (χ3n) is 3.93. The molecule has 0 atom stereocenters. The van der Waals surface area contributed by atoms with Crippen LogP contribution >= 0.6 is 0 Å². The Labute approximate surface area is 123 Å². The van der Waals surface area contributed by atoms with Gasteiger partial charge in [0, 0.05) is 19.2 Å². The summed E-state index contributed by atoms with van der Waals surface area (Å²) in [6, 6.07) is 7.48. The molecule has 110 valence electrons. The number of nitrogens with zero attached hydrogens (tertiary/aromatic N) is 2. The van der Waals surface area contributed by atoms with E-state index < -0.39 is 5.97 Å². The van der Waals surface area contributed by atoms with E-state index in [2.05, 4.69) is 10.1 Å². The molecule has 1 aliphatic heterocycles. The van der Waals surface area contributed by atoms with E-state index in [0.717, 1.165) is 42.0 Å². The molecule has 1 N–H and O–H groups in total. The first-order chi connectivity index (χ1) is 10.2. The van der Waals surface area contributed by atoms with Gasteiger partial charge in [-0.2, -0.15) is 0 Å². The van der Waals surface area contributed by atoms with Crippen molar-refractivity contribution in [2.45, 2.75) is 32.9 Å². The molecular weight excluding hydrogens is 268 g/mol. The number of aromatic carboxylic acids is 1. The van der Waals surface area contributed by atoms with E-state index >= 15 is 0 Å². The third-order valence-corrected chi connectivity index (χ3v) is 3.93. The van der Waals surface area contributed by atoms with Crippen molar-refractivity contribution in [3.8, 4) is 0 Å². The Kier molecular flexibility index (Phi) is 3.75. The number of hydrogen-bond donors (Lipinski definition) is 1. The summed E-state index contributed by atoms with van der Waals surface area (Å²) in [7, 11) is 0. The van der Waals surface area contributed by atoms with Crippen LogP contribution < -0.4 is 0 Å². The molecule has 1 aromatic heterocycles. The average Bonchev–Trinajstić information content (AvgIpc) is 2.94. The van der Waals surface area contributed by atoms with Crippen LogP contribution in [0.3, 0.4) is 0 Å². The fourth-order valence-corrected chi connectivity index (χ4v) is 2.79. The van der Waals surface area contributed by atoms with E-state index in [4.69, 9.17) is 4.52 Å². The standard InChI is InChI=1S/C16H18N2O3/c1-2-12-8-13(21-17-12)9-18-7-6-11-4-3-5-14(16(19)20)15(11)10-18/h3-5,8H,2,6-7,9-10H2,1H3,(H,19,20). The van der Waals surface area contributed by atoms with Crippen molar-refractivity contribution in [1.82, 2.24) is 10.1 Å². The van der Waals surface area contributed by atoms with E-state index in [0.29, 0.717) is 18.7 Å². The van der Waals surface area contributed by atoms with Crippen LogP contribution in [0.15, 0.2) is 28.8 Å². The minimum Gasteiger partial charge on any atom is -0.478 e. The van der Waals surface area contributed by atoms with Crippen LogP contribution in [0.5, 0.6) is 0 Å². The van der Waals surface area contributed by atoms with E-state index in [1.54, 1.807) is 6.07 Å². The molecule has 0 unspecified atom stereocenters. The average molecular weight is 286 g/mol. The van der Waals surface area contributed by atoms with E-state index in [-0.39, 0.29) is 0 Å². The highest BCUT2D eigenvalue weighted by Crippen LogP contribution is 2.24. The number of hydrogen-bond acceptors (Lipinski definition) is 4. The van der Waals surface area contributed by atoms with Crippen LogP contribution in [0, 0.1) is 0 Å². The molecule has 1 aromatic carbocycles. The van der Waals surface area contributed by atoms with Gasteiger partial charge in [-0.05, 0) is 30.0 Å². The largest absolute Gasteiger partial charge is 0.478 e. The highest BCUT2D eigenvalue weighted by molar-refractivity contribution is 5.89. The number of benzene rings is 1. The van der Waals surface area contributed by atoms with Gasteiger partial charge >= 0.3 is 5.97 Å². The second-order valence-corrected chi connectivity index (χ2v) is 5.35. The summed E-state index contributed by atoms with van der Waals surface area (Å²) in [4.78, 5) is 13.5. The molecule has 0 aliphatic carbocycles. The monoisotopic (exact) mass is 286 g/mol. The fourth-order valence-electron chi connectivity index (χ4n) is 2.79. The summed E-state index contributed by atoms with van der Waals surface area (Å²) >= 11 is 0. The van der Waals surface area contributed by atoms with Crippen LogP contribution in [0.1, 0.15) is 39.9 Å². The minimum atomic E-state index is -0.860. The Morgan fingerprint density at radius 2 is 2.33 bits per heavy atom. The minimum absolute atomic E-state index is 0.406. The van der Waals surface area contributed by atoms with Gasteiger partial charge in [0.05, 0.1) is 17.8 Å². The van der Waals surface area contributed by atoms with E-state index in [1.807, 2.05) is 25.1 Å². The first-order valence-corrected chi connectivity index (χ1v) is 7.18. The van der Waals surface area contributed by atoms with Crippen LogP contribution in [0.4, 0.5) is 0 Å². The summed E-state index contributed by atoms with van der Waals surface area (Å²) in [5.74, 6) is -0.0234. The number of carbonyl (C=O) groups is 1. The number of fused-ring (bicyclic) bond motifs is 1. The molecule has 2 aromatic rings. The number of aromatic nitrogens is 1. The van der Waals surface area contributed by atoms with Gasteiger partial charge in [-0.25, -0.2) is 4.79 Å². The van der Waals surface area contributed by atoms with Gasteiger partial charge in [-0.1, -0.05) is 24.2 Å². The fraction of sp³-hybridized carbons (Fsp3) is 0.375. The lowest BCUT2D eigenvalue weighted by Crippen LogP contribution is -2.31. The van der Waals surface area contributed by atoms with Gasteiger partial charge in [0.25, 0.3) is 0 Å². The normalized spacial score (nSPS) is 14.9. The van der Waals surface area contributed by atoms with Crippen LogP contribution in [-0.4, -0.2) is 27.7 Å². The van der Waals surface area contributed by atoms with Crippen molar-refractivity contribution < 1.29 is 14.4 Å². The summed E-state index contributed by atoms with van der Waals surface area (Å²) in [5.41, 5.74) is 3.42. The van der Waals surface area contributed by atoms with Gasteiger partial charge in [-0.3, -0.25) is 4.90 Å². The number of carboxylic acid groups (broad SMARTS) is 1. The maximum Gasteiger partial charge on any atom is 0.336 e. The molecule has 0 radical (unpaired) electrons. The van der Waals surface area contributed by atoms with Crippen molar-refractivity contribution in [2.24, 2.45) is 0 Å². The zero-order valence-corrected chi connectivity index (χ0v) is 12.0. The van der Waals surface area contributed by atoms with Crippen LogP contribution in [0.2, 0.25) is 0 Å². The zero-order valence-electron chi connectivity index (χ0n) is 12.0. The van der Waals surface area contributed by atoms with E-state index in [9.17, 15) is 9.90 Å². The van der Waals surface area contributed by atoms with Gasteiger partial charge in [0.15, 0.2) is 5.76 Å². The van der Waals surface area contributed by atoms with Gasteiger partial charge in [0.1, 0.15) is 0 Å². The molecule has 0 spiro atoms. The van der Waals surface area contributed by atoms with Crippen molar-refractivity contribution in [3.05, 3.63) is 52.4 Å². The molecule has 0 saturated carbocycles. The number of aryl methyl sites for hydroxylation is 1. The SMILES string of the molecule is CCc1cc(CN2CCc3cccc(C(=O)O)c3C2)on1. The second kappa shape index (κ2) is 5.69. The molecule has 0 fully saturated rings. The lowest BCUT2D eigenvalue weighted by atomic mass is 9.95. The predicted octanol–water partition coefficient (Wildman–Crippen LogP) is 2.49. The Hall–Kier alpha value is -2.14. The van der Waals surface area contributed by atoms with Crippen molar-refractivity contribution in [2.75, 3.05) is 6.54 Å². The predicted molar refractivity (Wildman–Crippen MR) is 77.1 cm³/mol. The highest BCUT2D eigenvalue weighted by Gasteiger charge is 2.22. The van der Waals surface area contributed by atoms with Gasteiger partial charge < -0.3 is 9.63 Å². The van der Waals surface area contributed by atoms with Crippen molar-refractivity contribution in [3.63, 3.8) is 0 Å². The quantitative estimate of drug-likeness (QED) is 0.935. The molecule has 5 nitrogen and oxygen atoms in total. The van der Waals surface area contributed by atoms with Crippen molar-refractivity contribution in [1.29, 1.82) is 0 Å². The summed E-state index contributed by atoms with van der Waals surface area (Å²) in [5, 5.41) is 13.3. The lowest BCUT2D eigenvalue weighted by Gasteiger charge is -2.28. The highest BCUT2D eigenvalue weighted by atomic mass is 16.5. The summed E-state index contributed by atoms with van der Waals surface area (Å²) in [6.07, 6.45) is 1.72. The van der Waals surface area contributed by atoms with Gasteiger partial charge in [-0.15, -0.1) is 0 Å².